The Morgan fingerprint density at radius 2 is 2.00 bits per heavy atom. The van der Waals surface area contributed by atoms with Gasteiger partial charge in [-0.05, 0) is 25.5 Å². The largest absolute Gasteiger partial charge is 0.461 e. The van der Waals surface area contributed by atoms with Gasteiger partial charge in [0.15, 0.2) is 0 Å². The molecule has 0 N–H and O–H groups in total. The lowest BCUT2D eigenvalue weighted by Crippen LogP contribution is -2.19. The second-order valence-electron chi connectivity index (χ2n) is 3.76. The molecule has 4 nitrogen and oxygen atoms in total. The zero-order valence-electron chi connectivity index (χ0n) is 10.9. The Balaban J connectivity index is 2.36. The normalized spacial score (nSPS) is 12.9. The summed E-state index contributed by atoms with van der Waals surface area (Å²) < 4.78 is 5.39. The smallest absolute Gasteiger partial charge is 0.368 e. The van der Waals surface area contributed by atoms with Gasteiger partial charge in [0.25, 0.3) is 0 Å². The summed E-state index contributed by atoms with van der Waals surface area (Å²) in [6, 6.07) is 9.18. The van der Waals surface area contributed by atoms with Gasteiger partial charge >= 0.3 is 5.97 Å². The van der Waals surface area contributed by atoms with Gasteiger partial charge in [-0.3, -0.25) is 4.89 Å². The average Bonchev–Trinajstić information content (AvgIpc) is 2.37. The summed E-state index contributed by atoms with van der Waals surface area (Å²) in [7, 11) is 0. The van der Waals surface area contributed by atoms with E-state index in [2.05, 4.69) is 4.89 Å². The first-order chi connectivity index (χ1) is 8.63. The topological polar surface area (TPSA) is 44.8 Å². The number of rotatable bonds is 6. The molecule has 0 aliphatic carbocycles. The highest BCUT2D eigenvalue weighted by Gasteiger charge is 2.11. The fraction of sp³-hybridized carbons (Fsp3) is 0.357. The predicted octanol–water partition coefficient (Wildman–Crippen LogP) is 3.24. The van der Waals surface area contributed by atoms with Crippen molar-refractivity contribution in [3.8, 4) is 5.75 Å². The first-order valence-electron chi connectivity index (χ1n) is 5.89. The standard InChI is InChI=1S/C14H18O4/c1-4-8-11(2)14(15)18-17-12(3)16-13-9-6-5-7-10-13/h5-10,12H,4H2,1-3H3. The van der Waals surface area contributed by atoms with E-state index in [0.717, 1.165) is 6.42 Å². The number of benzene rings is 1. The third-order valence-corrected chi connectivity index (χ3v) is 2.14. The SMILES string of the molecule is CCC=C(C)C(=O)OOC(C)Oc1ccccc1. The van der Waals surface area contributed by atoms with Gasteiger partial charge in [-0.25, -0.2) is 4.79 Å². The van der Waals surface area contributed by atoms with E-state index < -0.39 is 12.3 Å². The molecule has 18 heavy (non-hydrogen) atoms. The molecule has 4 heteroatoms. The minimum atomic E-state index is -0.661. The summed E-state index contributed by atoms with van der Waals surface area (Å²) in [5.74, 6) is 0.155. The van der Waals surface area contributed by atoms with Crippen LogP contribution in [-0.4, -0.2) is 12.3 Å². The lowest BCUT2D eigenvalue weighted by molar-refractivity contribution is -0.327. The lowest BCUT2D eigenvalue weighted by Gasteiger charge is -2.13. The van der Waals surface area contributed by atoms with E-state index in [-0.39, 0.29) is 0 Å². The van der Waals surface area contributed by atoms with Crippen molar-refractivity contribution in [2.24, 2.45) is 0 Å². The van der Waals surface area contributed by atoms with Gasteiger partial charge < -0.3 is 4.74 Å². The van der Waals surface area contributed by atoms with Crippen molar-refractivity contribution in [1.29, 1.82) is 0 Å². The number of allylic oxidation sites excluding steroid dienone is 1. The van der Waals surface area contributed by atoms with Crippen LogP contribution in [0, 0.1) is 0 Å². The fourth-order valence-electron chi connectivity index (χ4n) is 1.28. The minimum Gasteiger partial charge on any atom is -0.461 e. The molecule has 1 rings (SSSR count). The van der Waals surface area contributed by atoms with Crippen molar-refractivity contribution >= 4 is 5.97 Å². The lowest BCUT2D eigenvalue weighted by atomic mass is 10.2. The van der Waals surface area contributed by atoms with Gasteiger partial charge in [-0.1, -0.05) is 31.2 Å². The van der Waals surface area contributed by atoms with Gasteiger partial charge in [0.2, 0.25) is 6.29 Å². The monoisotopic (exact) mass is 250 g/mol. The van der Waals surface area contributed by atoms with Crippen LogP contribution in [0.15, 0.2) is 42.0 Å². The Bertz CT molecular complexity index is 398. The van der Waals surface area contributed by atoms with E-state index in [1.54, 1.807) is 32.1 Å². The molecule has 0 aromatic heterocycles. The molecular formula is C14H18O4. The molecule has 0 saturated carbocycles. The van der Waals surface area contributed by atoms with Crippen LogP contribution in [0.5, 0.6) is 5.75 Å². The van der Waals surface area contributed by atoms with Crippen molar-refractivity contribution < 1.29 is 19.3 Å². The molecule has 98 valence electrons. The van der Waals surface area contributed by atoms with E-state index in [1.165, 1.54) is 0 Å². The van der Waals surface area contributed by atoms with Gasteiger partial charge in [0.1, 0.15) is 5.75 Å². The maximum absolute atomic E-state index is 11.4. The first-order valence-corrected chi connectivity index (χ1v) is 5.89. The summed E-state index contributed by atoms with van der Waals surface area (Å²) >= 11 is 0. The number of carbonyl (C=O) groups excluding carboxylic acids is 1. The van der Waals surface area contributed by atoms with E-state index in [4.69, 9.17) is 9.62 Å². The van der Waals surface area contributed by atoms with Crippen LogP contribution in [0.3, 0.4) is 0 Å². The van der Waals surface area contributed by atoms with Gasteiger partial charge in [-0.15, -0.1) is 4.89 Å². The number of ether oxygens (including phenoxy) is 1. The number of hydrogen-bond donors (Lipinski definition) is 0. The van der Waals surface area contributed by atoms with Crippen LogP contribution in [0.4, 0.5) is 0 Å². The Morgan fingerprint density at radius 3 is 2.61 bits per heavy atom. The van der Waals surface area contributed by atoms with Gasteiger partial charge in [0, 0.05) is 12.5 Å². The Morgan fingerprint density at radius 1 is 1.33 bits per heavy atom. The van der Waals surface area contributed by atoms with Crippen LogP contribution in [0.1, 0.15) is 27.2 Å². The van der Waals surface area contributed by atoms with Crippen molar-refractivity contribution in [2.45, 2.75) is 33.5 Å². The highest BCUT2D eigenvalue weighted by molar-refractivity contribution is 5.87. The van der Waals surface area contributed by atoms with Gasteiger partial charge in [0.05, 0.1) is 0 Å². The Hall–Kier alpha value is -1.81. The molecule has 1 atom stereocenters. The summed E-state index contributed by atoms with van der Waals surface area (Å²) in [6.45, 7) is 5.27. The average molecular weight is 250 g/mol. The Kier molecular flexibility index (Phi) is 5.94. The van der Waals surface area contributed by atoms with E-state index in [0.29, 0.717) is 11.3 Å². The molecule has 0 amide bonds. The molecule has 1 aromatic carbocycles. The second kappa shape index (κ2) is 7.50. The maximum Gasteiger partial charge on any atom is 0.368 e. The molecule has 0 saturated heterocycles. The molecule has 0 aliphatic heterocycles. The molecule has 0 aliphatic rings. The third kappa shape index (κ3) is 5.01. The first kappa shape index (κ1) is 14.3. The highest BCUT2D eigenvalue weighted by atomic mass is 17.2. The highest BCUT2D eigenvalue weighted by Crippen LogP contribution is 2.11. The molecule has 1 aromatic rings. The van der Waals surface area contributed by atoms with E-state index in [1.807, 2.05) is 25.1 Å². The van der Waals surface area contributed by atoms with Crippen molar-refractivity contribution in [3.63, 3.8) is 0 Å². The molecular weight excluding hydrogens is 232 g/mol. The number of hydrogen-bond acceptors (Lipinski definition) is 4. The van der Waals surface area contributed by atoms with Crippen LogP contribution >= 0.6 is 0 Å². The van der Waals surface area contributed by atoms with Crippen LogP contribution in [-0.2, 0) is 14.6 Å². The summed E-state index contributed by atoms with van der Waals surface area (Å²) in [5, 5.41) is 0. The predicted molar refractivity (Wildman–Crippen MR) is 67.8 cm³/mol. The minimum absolute atomic E-state index is 0.500. The third-order valence-electron chi connectivity index (χ3n) is 2.14. The summed E-state index contributed by atoms with van der Waals surface area (Å²) in [4.78, 5) is 20.9. The van der Waals surface area contributed by atoms with E-state index in [9.17, 15) is 4.79 Å². The molecule has 0 heterocycles. The summed E-state index contributed by atoms with van der Waals surface area (Å²) in [5.41, 5.74) is 0.518. The molecule has 1 unspecified atom stereocenters. The zero-order valence-corrected chi connectivity index (χ0v) is 10.9. The second-order valence-corrected chi connectivity index (χ2v) is 3.76. The van der Waals surface area contributed by atoms with Crippen LogP contribution < -0.4 is 4.74 Å². The fourth-order valence-corrected chi connectivity index (χ4v) is 1.28. The van der Waals surface area contributed by atoms with Crippen molar-refractivity contribution in [2.75, 3.05) is 0 Å². The molecule has 0 fully saturated rings. The summed E-state index contributed by atoms with van der Waals surface area (Å²) in [6.07, 6.45) is 1.89. The van der Waals surface area contributed by atoms with Crippen LogP contribution in [0.2, 0.25) is 0 Å². The van der Waals surface area contributed by atoms with Gasteiger partial charge in [-0.2, -0.15) is 0 Å². The van der Waals surface area contributed by atoms with Crippen molar-refractivity contribution in [3.05, 3.63) is 42.0 Å². The van der Waals surface area contributed by atoms with E-state index >= 15 is 0 Å². The Labute approximate surface area is 107 Å². The maximum atomic E-state index is 11.4. The molecule has 0 radical (unpaired) electrons. The zero-order chi connectivity index (χ0) is 13.4. The molecule has 0 spiro atoms. The molecule has 0 bridgehead atoms. The number of carbonyl (C=O) groups is 1. The number of para-hydroxylation sites is 1. The quantitative estimate of drug-likeness (QED) is 0.336. The van der Waals surface area contributed by atoms with Crippen molar-refractivity contribution in [1.82, 2.24) is 0 Å². The van der Waals surface area contributed by atoms with Crippen LogP contribution in [0.25, 0.3) is 0 Å².